The van der Waals surface area contributed by atoms with Crippen molar-refractivity contribution in [3.05, 3.63) is 36.2 Å². The highest BCUT2D eigenvalue weighted by Gasteiger charge is 2.01. The second-order valence-electron chi connectivity index (χ2n) is 3.25. The number of hydrogen-bond acceptors (Lipinski definition) is 3. The van der Waals surface area contributed by atoms with Crippen LogP contribution in [0.3, 0.4) is 0 Å². The van der Waals surface area contributed by atoms with Gasteiger partial charge in [-0.15, -0.1) is 0 Å². The molecule has 0 bridgehead atoms. The summed E-state index contributed by atoms with van der Waals surface area (Å²) in [5, 5.41) is 9.51. The Morgan fingerprint density at radius 2 is 2.20 bits per heavy atom. The van der Waals surface area contributed by atoms with E-state index in [4.69, 9.17) is 5.11 Å². The lowest BCUT2D eigenvalue weighted by Crippen LogP contribution is -1.99. The third-order valence-corrected chi connectivity index (χ3v) is 2.12. The summed E-state index contributed by atoms with van der Waals surface area (Å²) < 4.78 is 0. The van der Waals surface area contributed by atoms with Crippen LogP contribution in [-0.2, 0) is 11.2 Å². The van der Waals surface area contributed by atoms with E-state index in [1.165, 1.54) is 0 Å². The SMILES string of the molecule is O=C(O)CCc1ccc2cccnc2n1. The molecule has 4 heteroatoms. The standard InChI is InChI=1S/C11H10N2O2/c14-10(15)6-5-9-4-3-8-2-1-7-12-11(8)13-9/h1-4,7H,5-6H2,(H,14,15). The average molecular weight is 202 g/mol. The minimum Gasteiger partial charge on any atom is -0.481 e. The molecule has 2 aromatic rings. The number of hydrogen-bond donors (Lipinski definition) is 1. The first-order valence-corrected chi connectivity index (χ1v) is 4.68. The van der Waals surface area contributed by atoms with Crippen LogP contribution in [0.15, 0.2) is 30.5 Å². The molecule has 4 nitrogen and oxygen atoms in total. The number of aryl methyl sites for hydroxylation is 1. The normalized spacial score (nSPS) is 10.4. The highest BCUT2D eigenvalue weighted by Crippen LogP contribution is 2.10. The zero-order valence-corrected chi connectivity index (χ0v) is 8.05. The Labute approximate surface area is 86.6 Å². The van der Waals surface area contributed by atoms with Crippen molar-refractivity contribution in [2.24, 2.45) is 0 Å². The van der Waals surface area contributed by atoms with Crippen molar-refractivity contribution in [1.82, 2.24) is 9.97 Å². The zero-order valence-electron chi connectivity index (χ0n) is 8.05. The first-order chi connectivity index (χ1) is 7.25. The Morgan fingerprint density at radius 1 is 1.33 bits per heavy atom. The quantitative estimate of drug-likeness (QED) is 0.821. The average Bonchev–Trinajstić information content (AvgIpc) is 2.26. The summed E-state index contributed by atoms with van der Waals surface area (Å²) in [6.45, 7) is 0. The van der Waals surface area contributed by atoms with Crippen molar-refractivity contribution in [1.29, 1.82) is 0 Å². The van der Waals surface area contributed by atoms with Crippen LogP contribution in [0.4, 0.5) is 0 Å². The summed E-state index contributed by atoms with van der Waals surface area (Å²) in [7, 11) is 0. The van der Waals surface area contributed by atoms with E-state index in [1.54, 1.807) is 6.20 Å². The van der Waals surface area contributed by atoms with E-state index in [9.17, 15) is 4.79 Å². The number of carboxylic acid groups (broad SMARTS) is 1. The molecule has 0 unspecified atom stereocenters. The maximum Gasteiger partial charge on any atom is 0.303 e. The molecule has 0 aliphatic carbocycles. The van der Waals surface area contributed by atoms with Gasteiger partial charge in [-0.05, 0) is 24.3 Å². The summed E-state index contributed by atoms with van der Waals surface area (Å²) in [4.78, 5) is 18.8. The molecule has 0 amide bonds. The van der Waals surface area contributed by atoms with E-state index in [0.717, 1.165) is 11.1 Å². The summed E-state index contributed by atoms with van der Waals surface area (Å²) in [5.41, 5.74) is 1.43. The molecule has 0 aliphatic heterocycles. The molecule has 0 aliphatic rings. The van der Waals surface area contributed by atoms with Gasteiger partial charge in [-0.3, -0.25) is 4.79 Å². The van der Waals surface area contributed by atoms with Crippen molar-refractivity contribution in [2.45, 2.75) is 12.8 Å². The molecule has 0 saturated carbocycles. The van der Waals surface area contributed by atoms with E-state index in [0.29, 0.717) is 12.1 Å². The third kappa shape index (κ3) is 2.28. The van der Waals surface area contributed by atoms with E-state index >= 15 is 0 Å². The van der Waals surface area contributed by atoms with Crippen LogP contribution in [0.1, 0.15) is 12.1 Å². The van der Waals surface area contributed by atoms with Gasteiger partial charge in [0.1, 0.15) is 0 Å². The van der Waals surface area contributed by atoms with Crippen LogP contribution in [-0.4, -0.2) is 21.0 Å². The maximum atomic E-state index is 10.4. The fraction of sp³-hybridized carbons (Fsp3) is 0.182. The lowest BCUT2D eigenvalue weighted by Gasteiger charge is -1.99. The van der Waals surface area contributed by atoms with Crippen molar-refractivity contribution in [3.63, 3.8) is 0 Å². The fourth-order valence-corrected chi connectivity index (χ4v) is 1.37. The number of pyridine rings is 2. The molecule has 2 aromatic heterocycles. The first-order valence-electron chi connectivity index (χ1n) is 4.68. The number of carboxylic acids is 1. The van der Waals surface area contributed by atoms with E-state index in [2.05, 4.69) is 9.97 Å². The molecule has 0 saturated heterocycles. The van der Waals surface area contributed by atoms with E-state index in [1.807, 2.05) is 24.3 Å². The molecule has 0 radical (unpaired) electrons. The highest BCUT2D eigenvalue weighted by atomic mass is 16.4. The summed E-state index contributed by atoms with van der Waals surface area (Å²) in [5.74, 6) is -0.807. The van der Waals surface area contributed by atoms with E-state index in [-0.39, 0.29) is 6.42 Å². The van der Waals surface area contributed by atoms with Gasteiger partial charge >= 0.3 is 5.97 Å². The van der Waals surface area contributed by atoms with Crippen LogP contribution >= 0.6 is 0 Å². The molecule has 15 heavy (non-hydrogen) atoms. The first kappa shape index (κ1) is 9.58. The van der Waals surface area contributed by atoms with E-state index < -0.39 is 5.97 Å². The topological polar surface area (TPSA) is 63.1 Å². The fourth-order valence-electron chi connectivity index (χ4n) is 1.37. The van der Waals surface area contributed by atoms with Crippen molar-refractivity contribution in [3.8, 4) is 0 Å². The van der Waals surface area contributed by atoms with Gasteiger partial charge in [0.2, 0.25) is 0 Å². The summed E-state index contributed by atoms with van der Waals surface area (Å²) in [6, 6.07) is 7.52. The zero-order chi connectivity index (χ0) is 10.7. The second kappa shape index (κ2) is 4.04. The van der Waals surface area contributed by atoms with Crippen molar-refractivity contribution in [2.75, 3.05) is 0 Å². The minimum absolute atomic E-state index is 0.103. The molecule has 0 spiro atoms. The summed E-state index contributed by atoms with van der Waals surface area (Å²) >= 11 is 0. The Kier molecular flexibility index (Phi) is 2.58. The van der Waals surface area contributed by atoms with Gasteiger partial charge in [0.15, 0.2) is 5.65 Å². The van der Waals surface area contributed by atoms with Gasteiger partial charge < -0.3 is 5.11 Å². The van der Waals surface area contributed by atoms with Gasteiger partial charge in [0.05, 0.1) is 6.42 Å². The number of carbonyl (C=O) groups is 1. The Balaban J connectivity index is 2.26. The lowest BCUT2D eigenvalue weighted by atomic mass is 10.2. The number of fused-ring (bicyclic) bond motifs is 1. The molecule has 0 aromatic carbocycles. The maximum absolute atomic E-state index is 10.4. The molecule has 0 fully saturated rings. The van der Waals surface area contributed by atoms with Crippen LogP contribution in [0, 0.1) is 0 Å². The molecule has 2 heterocycles. The van der Waals surface area contributed by atoms with Crippen LogP contribution in [0.5, 0.6) is 0 Å². The predicted molar refractivity (Wildman–Crippen MR) is 55.5 cm³/mol. The number of nitrogens with zero attached hydrogens (tertiary/aromatic N) is 2. The Morgan fingerprint density at radius 3 is 3.00 bits per heavy atom. The molecule has 1 N–H and O–H groups in total. The van der Waals surface area contributed by atoms with Crippen LogP contribution in [0.2, 0.25) is 0 Å². The van der Waals surface area contributed by atoms with Gasteiger partial charge in [-0.2, -0.15) is 0 Å². The Hall–Kier alpha value is -1.97. The lowest BCUT2D eigenvalue weighted by molar-refractivity contribution is -0.136. The Bertz CT molecular complexity index is 497. The van der Waals surface area contributed by atoms with Gasteiger partial charge in [-0.25, -0.2) is 9.97 Å². The third-order valence-electron chi connectivity index (χ3n) is 2.12. The highest BCUT2D eigenvalue weighted by molar-refractivity contribution is 5.74. The van der Waals surface area contributed by atoms with Gasteiger partial charge in [-0.1, -0.05) is 0 Å². The summed E-state index contributed by atoms with van der Waals surface area (Å²) in [6.07, 6.45) is 2.23. The van der Waals surface area contributed by atoms with Gasteiger partial charge in [0.25, 0.3) is 0 Å². The molecular formula is C11H10N2O2. The molecule has 76 valence electrons. The number of aliphatic carboxylic acids is 1. The van der Waals surface area contributed by atoms with Crippen LogP contribution < -0.4 is 0 Å². The monoisotopic (exact) mass is 202 g/mol. The van der Waals surface area contributed by atoms with Crippen LogP contribution in [0.25, 0.3) is 11.0 Å². The van der Waals surface area contributed by atoms with Crippen molar-refractivity contribution >= 4 is 17.0 Å². The predicted octanol–water partition coefficient (Wildman–Crippen LogP) is 1.65. The largest absolute Gasteiger partial charge is 0.481 e. The minimum atomic E-state index is -0.807. The number of aromatic nitrogens is 2. The molecule has 0 atom stereocenters. The second-order valence-corrected chi connectivity index (χ2v) is 3.25. The molecule has 2 rings (SSSR count). The van der Waals surface area contributed by atoms with Gasteiger partial charge in [0, 0.05) is 23.7 Å². The van der Waals surface area contributed by atoms with Crippen molar-refractivity contribution < 1.29 is 9.90 Å². The molecular weight excluding hydrogens is 192 g/mol. The smallest absolute Gasteiger partial charge is 0.303 e. The number of rotatable bonds is 3.